The molecule has 1 aromatic heterocycles. The van der Waals surface area contributed by atoms with Crippen LogP contribution in [-0.4, -0.2) is 36.7 Å². The quantitative estimate of drug-likeness (QED) is 0.408. The van der Waals surface area contributed by atoms with E-state index in [1.54, 1.807) is 0 Å². The number of nitrogens with zero attached hydrogens (tertiary/aromatic N) is 3. The van der Waals surface area contributed by atoms with E-state index in [-0.39, 0.29) is 24.0 Å². The first-order valence-corrected chi connectivity index (χ1v) is 7.36. The molecule has 7 N–H and O–H groups in total. The molecule has 3 atom stereocenters. The summed E-state index contributed by atoms with van der Waals surface area (Å²) in [6.45, 7) is 0. The van der Waals surface area contributed by atoms with Gasteiger partial charge in [0.1, 0.15) is 5.78 Å². The Balaban J connectivity index is 2.85. The standard InChI is InChI=1S/C5H12N6O4P2/c6-3-9-4(7)11-5(10-3)8-2(17(14)15)1-16(12)13/h2,16-17H,1H2,(H,12,13)(H,14,15)(H5,6,7,8,9,10,11). The van der Waals surface area contributed by atoms with Crippen molar-refractivity contribution in [3.63, 3.8) is 0 Å². The topological polar surface area (TPSA) is 177 Å². The summed E-state index contributed by atoms with van der Waals surface area (Å²) < 4.78 is 21.6. The second-order valence-electron chi connectivity index (χ2n) is 3.01. The third-order valence-corrected chi connectivity index (χ3v) is 3.76. The third-order valence-electron chi connectivity index (χ3n) is 1.65. The average Bonchev–Trinajstić information content (AvgIpc) is 2.13. The van der Waals surface area contributed by atoms with Gasteiger partial charge in [-0.3, -0.25) is 9.13 Å². The van der Waals surface area contributed by atoms with Crippen molar-refractivity contribution in [2.45, 2.75) is 5.78 Å². The number of aromatic nitrogens is 3. The maximum Gasteiger partial charge on any atom is 0.229 e. The van der Waals surface area contributed by atoms with Crippen LogP contribution in [0, 0.1) is 0 Å². The lowest BCUT2D eigenvalue weighted by Gasteiger charge is -2.14. The van der Waals surface area contributed by atoms with Gasteiger partial charge in [-0.25, -0.2) is 0 Å². The largest absolute Gasteiger partial charge is 0.368 e. The number of hydrogen-bond acceptors (Lipinski definition) is 8. The summed E-state index contributed by atoms with van der Waals surface area (Å²) in [5, 5.41) is 2.42. The molecule has 10 nitrogen and oxygen atoms in total. The summed E-state index contributed by atoms with van der Waals surface area (Å²) in [4.78, 5) is 28.5. The molecule has 17 heavy (non-hydrogen) atoms. The van der Waals surface area contributed by atoms with E-state index >= 15 is 0 Å². The first-order chi connectivity index (χ1) is 7.88. The van der Waals surface area contributed by atoms with Gasteiger partial charge in [0.05, 0.1) is 6.16 Å². The molecular formula is C5H12N6O4P2. The number of nitrogen functional groups attached to an aromatic ring is 2. The average molecular weight is 282 g/mol. The normalized spacial score (nSPS) is 16.1. The number of nitrogens with two attached hydrogens (primary N) is 2. The van der Waals surface area contributed by atoms with Crippen molar-refractivity contribution in [2.24, 2.45) is 0 Å². The molecule has 3 unspecified atom stereocenters. The SMILES string of the molecule is Nc1nc(N)nc(NC(C[PH](=O)O)[PH](=O)O)n1. The molecule has 96 valence electrons. The fraction of sp³-hybridized carbons (Fsp3) is 0.400. The predicted molar refractivity (Wildman–Crippen MR) is 63.4 cm³/mol. The minimum atomic E-state index is -3.07. The van der Waals surface area contributed by atoms with Crippen molar-refractivity contribution in [2.75, 3.05) is 22.9 Å². The van der Waals surface area contributed by atoms with E-state index in [2.05, 4.69) is 20.3 Å². The molecule has 12 heteroatoms. The monoisotopic (exact) mass is 282 g/mol. The van der Waals surface area contributed by atoms with Crippen LogP contribution in [-0.2, 0) is 9.13 Å². The Labute approximate surface area is 97.2 Å². The van der Waals surface area contributed by atoms with Crippen LogP contribution in [0.4, 0.5) is 17.8 Å². The number of anilines is 3. The van der Waals surface area contributed by atoms with Crippen LogP contribution in [0.1, 0.15) is 0 Å². The maximum absolute atomic E-state index is 11.0. The van der Waals surface area contributed by atoms with Gasteiger partial charge < -0.3 is 26.6 Å². The lowest BCUT2D eigenvalue weighted by atomic mass is 10.7. The van der Waals surface area contributed by atoms with Gasteiger partial charge in [0.25, 0.3) is 0 Å². The van der Waals surface area contributed by atoms with Crippen molar-refractivity contribution in [3.05, 3.63) is 0 Å². The van der Waals surface area contributed by atoms with Crippen molar-refractivity contribution >= 4 is 33.9 Å². The van der Waals surface area contributed by atoms with Crippen LogP contribution >= 0.6 is 16.1 Å². The molecule has 1 aromatic rings. The van der Waals surface area contributed by atoms with Crippen molar-refractivity contribution < 1.29 is 18.9 Å². The first-order valence-electron chi connectivity index (χ1n) is 4.36. The molecule has 0 saturated heterocycles. The van der Waals surface area contributed by atoms with Gasteiger partial charge in [-0.2, -0.15) is 15.0 Å². The molecule has 1 heterocycles. The lowest BCUT2D eigenvalue weighted by Crippen LogP contribution is -2.21. The zero-order chi connectivity index (χ0) is 13.0. The van der Waals surface area contributed by atoms with Crippen LogP contribution in [0.25, 0.3) is 0 Å². The molecule has 0 fully saturated rings. The Morgan fingerprint density at radius 2 is 1.71 bits per heavy atom. The molecule has 0 aliphatic heterocycles. The van der Waals surface area contributed by atoms with Gasteiger partial charge in [-0.15, -0.1) is 0 Å². The first kappa shape index (κ1) is 13.9. The molecule has 1 rings (SSSR count). The second-order valence-corrected chi connectivity index (χ2v) is 5.58. The Hall–Kier alpha value is -1.21. The smallest absolute Gasteiger partial charge is 0.229 e. The van der Waals surface area contributed by atoms with Gasteiger partial charge in [0.15, 0.2) is 8.03 Å². The Bertz CT molecular complexity index is 436. The fourth-order valence-electron chi connectivity index (χ4n) is 1.00. The molecule has 0 aliphatic carbocycles. The minimum Gasteiger partial charge on any atom is -0.368 e. The van der Waals surface area contributed by atoms with Gasteiger partial charge in [-0.05, 0) is 0 Å². The predicted octanol–water partition coefficient (Wildman–Crippen LogP) is -1.29. The molecule has 0 radical (unpaired) electrons. The van der Waals surface area contributed by atoms with Crippen molar-refractivity contribution in [1.82, 2.24) is 15.0 Å². The van der Waals surface area contributed by atoms with Crippen LogP contribution < -0.4 is 16.8 Å². The zero-order valence-corrected chi connectivity index (χ0v) is 10.5. The van der Waals surface area contributed by atoms with Crippen molar-refractivity contribution in [3.8, 4) is 0 Å². The Morgan fingerprint density at radius 1 is 1.18 bits per heavy atom. The van der Waals surface area contributed by atoms with E-state index in [0.717, 1.165) is 0 Å². The Morgan fingerprint density at radius 3 is 2.12 bits per heavy atom. The summed E-state index contributed by atoms with van der Waals surface area (Å²) in [5.41, 5.74) is 10.6. The number of rotatable bonds is 5. The molecule has 0 aliphatic rings. The summed E-state index contributed by atoms with van der Waals surface area (Å²) in [6.07, 6.45) is -0.371. The van der Waals surface area contributed by atoms with Gasteiger partial charge in [0.2, 0.25) is 25.9 Å². The van der Waals surface area contributed by atoms with Crippen LogP contribution in [0.2, 0.25) is 0 Å². The van der Waals surface area contributed by atoms with Gasteiger partial charge in [0, 0.05) is 0 Å². The van der Waals surface area contributed by atoms with Crippen LogP contribution in [0.15, 0.2) is 0 Å². The maximum atomic E-state index is 11.0. The number of nitrogens with one attached hydrogen (secondary N) is 1. The molecule has 0 saturated carbocycles. The lowest BCUT2D eigenvalue weighted by molar-refractivity contribution is 0.485. The summed E-state index contributed by atoms with van der Waals surface area (Å²) in [7, 11) is -5.97. The summed E-state index contributed by atoms with van der Waals surface area (Å²) in [6, 6.07) is 0. The second kappa shape index (κ2) is 5.92. The van der Waals surface area contributed by atoms with Crippen LogP contribution in [0.5, 0.6) is 0 Å². The highest BCUT2D eigenvalue weighted by molar-refractivity contribution is 7.43. The van der Waals surface area contributed by atoms with E-state index in [9.17, 15) is 9.13 Å². The fourth-order valence-corrected chi connectivity index (χ4v) is 2.93. The van der Waals surface area contributed by atoms with E-state index < -0.39 is 21.8 Å². The minimum absolute atomic E-state index is 0.115. The zero-order valence-electron chi connectivity index (χ0n) is 8.49. The molecule has 0 bridgehead atoms. The summed E-state index contributed by atoms with van der Waals surface area (Å²) in [5.74, 6) is -1.55. The highest BCUT2D eigenvalue weighted by Crippen LogP contribution is 2.30. The van der Waals surface area contributed by atoms with Gasteiger partial charge >= 0.3 is 0 Å². The highest BCUT2D eigenvalue weighted by atomic mass is 31.1. The molecule has 0 amide bonds. The third kappa shape index (κ3) is 4.66. The number of hydrogen-bond donors (Lipinski definition) is 5. The van der Waals surface area contributed by atoms with Gasteiger partial charge in [-0.1, -0.05) is 0 Å². The van der Waals surface area contributed by atoms with E-state index in [1.165, 1.54) is 0 Å². The van der Waals surface area contributed by atoms with Crippen LogP contribution in [0.3, 0.4) is 0 Å². The molecule has 0 aromatic carbocycles. The van der Waals surface area contributed by atoms with E-state index in [0.29, 0.717) is 0 Å². The summed E-state index contributed by atoms with van der Waals surface area (Å²) >= 11 is 0. The van der Waals surface area contributed by atoms with Crippen molar-refractivity contribution in [1.29, 1.82) is 0 Å². The highest BCUT2D eigenvalue weighted by Gasteiger charge is 2.18. The van der Waals surface area contributed by atoms with E-state index in [4.69, 9.17) is 21.3 Å². The Kier molecular flexibility index (Phi) is 4.83. The molecular weight excluding hydrogens is 270 g/mol. The molecule has 0 spiro atoms. The van der Waals surface area contributed by atoms with E-state index in [1.807, 2.05) is 0 Å².